The number of likely N-dealkylation sites (N-methyl/N-ethyl adjacent to an activating group) is 1. The minimum Gasteiger partial charge on any atom is -0.497 e. The van der Waals surface area contributed by atoms with E-state index in [1.165, 1.54) is 0 Å². The van der Waals surface area contributed by atoms with Gasteiger partial charge in [0.2, 0.25) is 0 Å². The van der Waals surface area contributed by atoms with Gasteiger partial charge in [0.25, 0.3) is 10.0 Å². The van der Waals surface area contributed by atoms with E-state index < -0.39 is 10.0 Å². The molecule has 0 bridgehead atoms. The number of amidine groups is 1. The number of benzene rings is 3. The zero-order chi connectivity index (χ0) is 20.4. The highest BCUT2D eigenvalue weighted by atomic mass is 32.2. The van der Waals surface area contributed by atoms with Gasteiger partial charge in [0.05, 0.1) is 13.2 Å². The third-order valence-corrected chi connectivity index (χ3v) is 6.51. The zero-order valence-corrected chi connectivity index (χ0v) is 17.1. The lowest BCUT2D eigenvalue weighted by Gasteiger charge is -2.30. The summed E-state index contributed by atoms with van der Waals surface area (Å²) < 4.78 is 34.5. The summed E-state index contributed by atoms with van der Waals surface area (Å²) in [5.74, 6) is 1.25. The molecule has 1 aliphatic rings. The van der Waals surface area contributed by atoms with Crippen molar-refractivity contribution < 1.29 is 13.2 Å². The van der Waals surface area contributed by atoms with Crippen molar-refractivity contribution >= 4 is 15.9 Å². The van der Waals surface area contributed by atoms with Gasteiger partial charge in [0, 0.05) is 12.6 Å². The van der Waals surface area contributed by atoms with Gasteiger partial charge < -0.3 is 9.64 Å². The van der Waals surface area contributed by atoms with Gasteiger partial charge in [-0.05, 0) is 41.8 Å². The summed E-state index contributed by atoms with van der Waals surface area (Å²) in [6.07, 6.45) is 0.713. The van der Waals surface area contributed by atoms with E-state index >= 15 is 0 Å². The molecule has 0 amide bonds. The lowest BCUT2D eigenvalue weighted by Crippen LogP contribution is -2.32. The number of ether oxygens (including phenoxy) is 1. The molecule has 3 aromatic rings. The monoisotopic (exact) mass is 406 g/mol. The predicted octanol–water partition coefficient (Wildman–Crippen LogP) is 4.06. The molecular formula is C23H22N2O3S. The van der Waals surface area contributed by atoms with Crippen molar-refractivity contribution in [3.05, 3.63) is 95.6 Å². The van der Waals surface area contributed by atoms with Crippen molar-refractivity contribution in [1.29, 1.82) is 0 Å². The van der Waals surface area contributed by atoms with Gasteiger partial charge in [-0.15, -0.1) is 4.40 Å². The van der Waals surface area contributed by atoms with Crippen LogP contribution in [0.15, 0.2) is 88.2 Å². The van der Waals surface area contributed by atoms with Gasteiger partial charge in [0.15, 0.2) is 5.84 Å². The van der Waals surface area contributed by atoms with Crippen molar-refractivity contribution in [2.45, 2.75) is 17.4 Å². The van der Waals surface area contributed by atoms with Crippen molar-refractivity contribution in [3.8, 4) is 5.75 Å². The van der Waals surface area contributed by atoms with E-state index in [0.29, 0.717) is 17.8 Å². The molecule has 0 saturated heterocycles. The van der Waals surface area contributed by atoms with Gasteiger partial charge in [-0.1, -0.05) is 54.6 Å². The minimum absolute atomic E-state index is 0.0941. The van der Waals surface area contributed by atoms with E-state index in [0.717, 1.165) is 16.9 Å². The highest BCUT2D eigenvalue weighted by Crippen LogP contribution is 2.33. The lowest BCUT2D eigenvalue weighted by atomic mass is 9.96. The Morgan fingerprint density at radius 2 is 1.59 bits per heavy atom. The summed E-state index contributed by atoms with van der Waals surface area (Å²) in [6, 6.07) is 24.9. The van der Waals surface area contributed by atoms with Crippen LogP contribution in [0.3, 0.4) is 0 Å². The Labute approximate surface area is 171 Å². The first-order valence-electron chi connectivity index (χ1n) is 9.34. The molecule has 0 aromatic heterocycles. The van der Waals surface area contributed by atoms with E-state index in [1.807, 2.05) is 66.5 Å². The van der Waals surface area contributed by atoms with E-state index in [-0.39, 0.29) is 10.9 Å². The number of fused-ring (bicyclic) bond motifs is 1. The zero-order valence-electron chi connectivity index (χ0n) is 16.3. The molecule has 0 N–H and O–H groups in total. The molecule has 148 valence electrons. The summed E-state index contributed by atoms with van der Waals surface area (Å²) in [5, 5.41) is 0. The molecule has 6 heteroatoms. The molecule has 1 unspecified atom stereocenters. The van der Waals surface area contributed by atoms with Gasteiger partial charge in [-0.25, -0.2) is 0 Å². The Morgan fingerprint density at radius 1 is 0.931 bits per heavy atom. The van der Waals surface area contributed by atoms with Gasteiger partial charge in [0.1, 0.15) is 10.6 Å². The molecule has 4 rings (SSSR count). The smallest absolute Gasteiger partial charge is 0.285 e. The van der Waals surface area contributed by atoms with E-state index in [2.05, 4.69) is 16.5 Å². The Balaban J connectivity index is 1.76. The molecule has 0 aliphatic carbocycles. The van der Waals surface area contributed by atoms with Crippen LogP contribution in [0.25, 0.3) is 0 Å². The third-order valence-electron chi connectivity index (χ3n) is 5.19. The van der Waals surface area contributed by atoms with E-state index in [1.54, 1.807) is 19.2 Å². The predicted molar refractivity (Wildman–Crippen MR) is 114 cm³/mol. The second-order valence-electron chi connectivity index (χ2n) is 6.98. The Morgan fingerprint density at radius 3 is 2.28 bits per heavy atom. The van der Waals surface area contributed by atoms with Crippen LogP contribution in [0.4, 0.5) is 0 Å². The largest absolute Gasteiger partial charge is 0.497 e. The van der Waals surface area contributed by atoms with Gasteiger partial charge in [-0.3, -0.25) is 0 Å². The molecule has 5 nitrogen and oxygen atoms in total. The molecule has 1 heterocycles. The van der Waals surface area contributed by atoms with Crippen LogP contribution in [0.5, 0.6) is 5.75 Å². The molecule has 0 fully saturated rings. The van der Waals surface area contributed by atoms with Crippen molar-refractivity contribution in [2.24, 2.45) is 4.40 Å². The van der Waals surface area contributed by atoms with Crippen LogP contribution in [-0.4, -0.2) is 33.3 Å². The first-order valence-corrected chi connectivity index (χ1v) is 10.8. The molecule has 0 saturated carbocycles. The van der Waals surface area contributed by atoms with Crippen LogP contribution in [0, 0.1) is 0 Å². The van der Waals surface area contributed by atoms with Gasteiger partial charge in [-0.2, -0.15) is 8.42 Å². The number of hydrogen-bond acceptors (Lipinski definition) is 4. The van der Waals surface area contributed by atoms with Crippen LogP contribution in [0.1, 0.15) is 22.7 Å². The summed E-state index contributed by atoms with van der Waals surface area (Å²) in [6.45, 7) is 0. The Bertz CT molecular complexity index is 1140. The Hall–Kier alpha value is -3.12. The van der Waals surface area contributed by atoms with Crippen LogP contribution < -0.4 is 4.74 Å². The SMILES string of the molecule is COc1ccc(C(Cc2ccccc2)N(C)C2=NS(=O)(=O)c3ccccc32)cc1. The average Bonchev–Trinajstić information content (AvgIpc) is 3.04. The molecule has 0 radical (unpaired) electrons. The Kier molecular flexibility index (Phi) is 5.11. The number of rotatable bonds is 5. The average molecular weight is 407 g/mol. The molecule has 1 atom stereocenters. The molecule has 1 aliphatic heterocycles. The maximum absolute atomic E-state index is 12.5. The first-order chi connectivity index (χ1) is 14.0. The summed E-state index contributed by atoms with van der Waals surface area (Å²) in [7, 11) is -0.139. The van der Waals surface area contributed by atoms with Crippen molar-refractivity contribution in [2.75, 3.05) is 14.2 Å². The summed E-state index contributed by atoms with van der Waals surface area (Å²) >= 11 is 0. The fraction of sp³-hybridized carbons (Fsp3) is 0.174. The van der Waals surface area contributed by atoms with E-state index in [4.69, 9.17) is 4.74 Å². The number of hydrogen-bond donors (Lipinski definition) is 0. The lowest BCUT2D eigenvalue weighted by molar-refractivity contribution is 0.372. The maximum atomic E-state index is 12.5. The van der Waals surface area contributed by atoms with Gasteiger partial charge >= 0.3 is 0 Å². The fourth-order valence-corrected chi connectivity index (χ4v) is 4.87. The third kappa shape index (κ3) is 3.76. The van der Waals surface area contributed by atoms with Crippen LogP contribution in [-0.2, 0) is 16.4 Å². The summed E-state index contributed by atoms with van der Waals surface area (Å²) in [5.41, 5.74) is 2.86. The van der Waals surface area contributed by atoms with E-state index in [9.17, 15) is 8.42 Å². The van der Waals surface area contributed by atoms with Crippen LogP contribution >= 0.6 is 0 Å². The number of nitrogens with zero attached hydrogens (tertiary/aromatic N) is 2. The highest BCUT2D eigenvalue weighted by molar-refractivity contribution is 7.90. The minimum atomic E-state index is -3.67. The topological polar surface area (TPSA) is 59.0 Å². The molecule has 0 spiro atoms. The molecular weight excluding hydrogens is 384 g/mol. The highest BCUT2D eigenvalue weighted by Gasteiger charge is 2.33. The second-order valence-corrected chi connectivity index (χ2v) is 8.55. The molecule has 3 aromatic carbocycles. The standard InChI is InChI=1S/C23H22N2O3S/c1-25(23-20-10-6-7-11-22(20)29(26,27)24-23)21(16-17-8-4-3-5-9-17)18-12-14-19(28-2)15-13-18/h3-15,21H,16H2,1-2H3. The maximum Gasteiger partial charge on any atom is 0.285 e. The second kappa shape index (κ2) is 7.72. The normalized spacial score (nSPS) is 15.3. The number of sulfonamides is 1. The van der Waals surface area contributed by atoms with Crippen molar-refractivity contribution in [1.82, 2.24) is 4.90 Å². The number of methoxy groups -OCH3 is 1. The molecule has 29 heavy (non-hydrogen) atoms. The summed E-state index contributed by atoms with van der Waals surface area (Å²) in [4.78, 5) is 2.22. The fourth-order valence-electron chi connectivity index (χ4n) is 3.63. The quantitative estimate of drug-likeness (QED) is 0.641. The first kappa shape index (κ1) is 19.2. The van der Waals surface area contributed by atoms with Crippen molar-refractivity contribution in [3.63, 3.8) is 0 Å². The van der Waals surface area contributed by atoms with Crippen LogP contribution in [0.2, 0.25) is 0 Å².